The number of fused-ring (bicyclic) bond motifs is 1. The fourth-order valence-corrected chi connectivity index (χ4v) is 4.15. The normalized spacial score (nSPS) is 11.5. The van der Waals surface area contributed by atoms with E-state index in [1.54, 1.807) is 12.1 Å². The third-order valence-corrected chi connectivity index (χ3v) is 6.27. The van der Waals surface area contributed by atoms with Gasteiger partial charge in [0, 0.05) is 34.1 Å². The molecule has 0 bridgehead atoms. The molecule has 6 heteroatoms. The van der Waals surface area contributed by atoms with Crippen molar-refractivity contribution in [3.05, 3.63) is 99.0 Å². The molecule has 0 fully saturated rings. The molecule has 0 atom stereocenters. The highest BCUT2D eigenvalue weighted by atomic mass is 32.1. The van der Waals surface area contributed by atoms with Gasteiger partial charge < -0.3 is 15.6 Å². The molecule has 0 unspecified atom stereocenters. The predicted molar refractivity (Wildman–Crippen MR) is 131 cm³/mol. The molecule has 32 heavy (non-hydrogen) atoms. The van der Waals surface area contributed by atoms with E-state index in [1.807, 2.05) is 67.9 Å². The number of carbonyl (C=O) groups is 2. The van der Waals surface area contributed by atoms with E-state index >= 15 is 0 Å². The van der Waals surface area contributed by atoms with Crippen LogP contribution in [0.1, 0.15) is 31.9 Å². The van der Waals surface area contributed by atoms with E-state index in [0.29, 0.717) is 18.5 Å². The summed E-state index contributed by atoms with van der Waals surface area (Å²) in [6, 6.07) is 17.4. The summed E-state index contributed by atoms with van der Waals surface area (Å²) in [4.78, 5) is 29.9. The van der Waals surface area contributed by atoms with Gasteiger partial charge in [-0.15, -0.1) is 11.3 Å². The third-order valence-electron chi connectivity index (χ3n) is 5.45. The van der Waals surface area contributed by atoms with Gasteiger partial charge in [-0.1, -0.05) is 30.3 Å². The molecule has 162 valence electrons. The average molecular weight is 444 g/mol. The zero-order valence-electron chi connectivity index (χ0n) is 18.1. The number of aromatic nitrogens is 1. The molecule has 4 aromatic rings. The molecular weight excluding hydrogens is 418 g/mol. The number of thiophene rings is 1. The monoisotopic (exact) mass is 443 g/mol. The molecule has 5 nitrogen and oxygen atoms in total. The first-order chi connectivity index (χ1) is 15.5. The Kier molecular flexibility index (Phi) is 6.52. The first-order valence-electron chi connectivity index (χ1n) is 10.5. The number of benzene rings is 2. The van der Waals surface area contributed by atoms with Crippen LogP contribution in [0, 0.1) is 13.8 Å². The molecule has 0 aliphatic rings. The first kappa shape index (κ1) is 21.6. The first-order valence-corrected chi connectivity index (χ1v) is 11.4. The molecular formula is C26H25N3O2S. The Morgan fingerprint density at radius 3 is 2.66 bits per heavy atom. The highest BCUT2D eigenvalue weighted by Crippen LogP contribution is 2.18. The quantitative estimate of drug-likeness (QED) is 0.353. The highest BCUT2D eigenvalue weighted by Gasteiger charge is 2.15. The summed E-state index contributed by atoms with van der Waals surface area (Å²) in [5.74, 6) is -0.613. The minimum Gasteiger partial charge on any atom is -0.361 e. The van der Waals surface area contributed by atoms with Gasteiger partial charge in [0.15, 0.2) is 0 Å². The second-order valence-electron chi connectivity index (χ2n) is 7.69. The van der Waals surface area contributed by atoms with Crippen molar-refractivity contribution in [2.45, 2.75) is 20.3 Å². The van der Waals surface area contributed by atoms with Gasteiger partial charge in [-0.05, 0) is 72.7 Å². The fraction of sp³-hybridized carbons (Fsp3) is 0.154. The summed E-state index contributed by atoms with van der Waals surface area (Å²) in [5, 5.41) is 8.83. The van der Waals surface area contributed by atoms with E-state index in [9.17, 15) is 9.59 Å². The lowest BCUT2D eigenvalue weighted by Gasteiger charge is -2.12. The molecule has 2 amide bonds. The number of carbonyl (C=O) groups excluding carboxylic acids is 2. The Bertz CT molecular complexity index is 1290. The molecule has 0 spiro atoms. The zero-order valence-corrected chi connectivity index (χ0v) is 18.9. The van der Waals surface area contributed by atoms with Crippen LogP contribution in [0.15, 0.2) is 71.9 Å². The van der Waals surface area contributed by atoms with E-state index < -0.39 is 0 Å². The van der Waals surface area contributed by atoms with E-state index in [0.717, 1.165) is 32.5 Å². The second-order valence-corrected chi connectivity index (χ2v) is 8.67. The van der Waals surface area contributed by atoms with Crippen molar-refractivity contribution < 1.29 is 9.59 Å². The van der Waals surface area contributed by atoms with Crippen molar-refractivity contribution in [2.75, 3.05) is 6.54 Å². The number of hydrogen-bond donors (Lipinski definition) is 3. The summed E-state index contributed by atoms with van der Waals surface area (Å²) >= 11 is 1.51. The summed E-state index contributed by atoms with van der Waals surface area (Å²) in [7, 11) is 0. The largest absolute Gasteiger partial charge is 0.361 e. The minimum absolute atomic E-state index is 0.231. The number of H-pyrrole nitrogens is 1. The van der Waals surface area contributed by atoms with Crippen molar-refractivity contribution in [3.63, 3.8) is 0 Å². The highest BCUT2D eigenvalue weighted by molar-refractivity contribution is 7.10. The van der Waals surface area contributed by atoms with Crippen molar-refractivity contribution in [1.29, 1.82) is 0 Å². The van der Waals surface area contributed by atoms with Crippen molar-refractivity contribution in [3.8, 4) is 0 Å². The summed E-state index contributed by atoms with van der Waals surface area (Å²) in [6.45, 7) is 4.42. The lowest BCUT2D eigenvalue weighted by Crippen LogP contribution is -2.35. The van der Waals surface area contributed by atoms with Crippen LogP contribution in [0.5, 0.6) is 0 Å². The number of rotatable bonds is 7. The van der Waals surface area contributed by atoms with Crippen LogP contribution in [0.2, 0.25) is 0 Å². The van der Waals surface area contributed by atoms with E-state index in [1.165, 1.54) is 11.3 Å². The number of amides is 2. The van der Waals surface area contributed by atoms with Gasteiger partial charge in [0.2, 0.25) is 0 Å². The smallest absolute Gasteiger partial charge is 0.267 e. The van der Waals surface area contributed by atoms with E-state index in [4.69, 9.17) is 0 Å². The number of aryl methyl sites for hydroxylation is 2. The van der Waals surface area contributed by atoms with Gasteiger partial charge in [-0.3, -0.25) is 9.59 Å². The van der Waals surface area contributed by atoms with Crippen LogP contribution in [0.3, 0.4) is 0 Å². The van der Waals surface area contributed by atoms with Crippen LogP contribution in [-0.4, -0.2) is 23.3 Å². The van der Waals surface area contributed by atoms with Crippen LogP contribution < -0.4 is 10.6 Å². The van der Waals surface area contributed by atoms with Gasteiger partial charge >= 0.3 is 0 Å². The third kappa shape index (κ3) is 4.98. The zero-order chi connectivity index (χ0) is 22.5. The number of hydrogen-bond acceptors (Lipinski definition) is 3. The Labute approximate surface area is 191 Å². The number of nitrogens with one attached hydrogen (secondary N) is 3. The maximum absolute atomic E-state index is 13.0. The minimum atomic E-state index is -0.310. The Morgan fingerprint density at radius 1 is 1.03 bits per heavy atom. The summed E-state index contributed by atoms with van der Waals surface area (Å²) in [6.07, 6.45) is 4.37. The van der Waals surface area contributed by atoms with Gasteiger partial charge in [-0.25, -0.2) is 0 Å². The van der Waals surface area contributed by atoms with Gasteiger partial charge in [0.25, 0.3) is 11.8 Å². The van der Waals surface area contributed by atoms with Gasteiger partial charge in [-0.2, -0.15) is 0 Å². The Morgan fingerprint density at radius 2 is 1.88 bits per heavy atom. The van der Waals surface area contributed by atoms with Gasteiger partial charge in [0.05, 0.1) is 0 Å². The molecule has 0 saturated heterocycles. The molecule has 2 heterocycles. The maximum Gasteiger partial charge on any atom is 0.267 e. The van der Waals surface area contributed by atoms with Crippen LogP contribution in [0.4, 0.5) is 0 Å². The lowest BCUT2D eigenvalue weighted by molar-refractivity contribution is -0.117. The second kappa shape index (κ2) is 9.66. The van der Waals surface area contributed by atoms with Crippen molar-refractivity contribution >= 4 is 40.1 Å². The molecule has 3 N–H and O–H groups in total. The molecule has 2 aromatic carbocycles. The lowest BCUT2D eigenvalue weighted by atomic mass is 10.1. The van der Waals surface area contributed by atoms with E-state index in [2.05, 4.69) is 21.7 Å². The summed E-state index contributed by atoms with van der Waals surface area (Å²) < 4.78 is 0. The standard InChI is InChI=1S/C26H25N3O2S/c1-17-9-10-19(14-18(17)2)25(30)29-24(15-21-6-5-13-32-21)26(31)27-12-11-20-16-28-23-8-4-3-7-22(20)23/h3-10,13-16,28H,11-12H2,1-2H3,(H,27,31)(H,29,30). The molecule has 0 aliphatic carbocycles. The fourth-order valence-electron chi connectivity index (χ4n) is 3.50. The molecule has 2 aromatic heterocycles. The Hall–Kier alpha value is -3.64. The number of aromatic amines is 1. The van der Waals surface area contributed by atoms with Crippen LogP contribution in [-0.2, 0) is 11.2 Å². The molecule has 0 radical (unpaired) electrons. The topological polar surface area (TPSA) is 74.0 Å². The van der Waals surface area contributed by atoms with Gasteiger partial charge in [0.1, 0.15) is 5.70 Å². The van der Waals surface area contributed by atoms with Crippen LogP contribution >= 0.6 is 11.3 Å². The van der Waals surface area contributed by atoms with Crippen molar-refractivity contribution in [1.82, 2.24) is 15.6 Å². The maximum atomic E-state index is 13.0. The number of para-hydroxylation sites is 1. The predicted octanol–water partition coefficient (Wildman–Crippen LogP) is 4.98. The van der Waals surface area contributed by atoms with E-state index in [-0.39, 0.29) is 17.5 Å². The molecule has 0 aliphatic heterocycles. The molecule has 4 rings (SSSR count). The Balaban J connectivity index is 1.46. The SMILES string of the molecule is Cc1ccc(C(=O)NC(=Cc2cccs2)C(=O)NCCc2c[nH]c3ccccc23)cc1C. The average Bonchev–Trinajstić information content (AvgIpc) is 3.45. The van der Waals surface area contributed by atoms with Crippen LogP contribution in [0.25, 0.3) is 17.0 Å². The molecule has 0 saturated carbocycles. The van der Waals surface area contributed by atoms with Crippen molar-refractivity contribution in [2.24, 2.45) is 0 Å². The summed E-state index contributed by atoms with van der Waals surface area (Å²) in [5.41, 5.74) is 5.12.